The molecule has 3 amide bonds. The normalized spacial score (nSPS) is 26.1. The molecule has 0 radical (unpaired) electrons. The van der Waals surface area contributed by atoms with Gasteiger partial charge < -0.3 is 19.1 Å². The minimum atomic E-state index is -0.118. The van der Waals surface area contributed by atoms with E-state index in [0.29, 0.717) is 48.5 Å². The first-order valence-corrected chi connectivity index (χ1v) is 9.96. The summed E-state index contributed by atoms with van der Waals surface area (Å²) in [7, 11) is 4.54. The average molecular weight is 402 g/mol. The van der Waals surface area contributed by atoms with Gasteiger partial charge in [-0.15, -0.1) is 0 Å². The summed E-state index contributed by atoms with van der Waals surface area (Å²) in [5, 5.41) is 0. The molecule has 0 spiro atoms. The summed E-state index contributed by atoms with van der Waals surface area (Å²) in [6, 6.07) is 3.30. The standard InChI is InChI=1S/C21H26N2O6/c1-27-16-7-6-15(19(28-2)20(16)29-3)21(26)22-12-4-5-13(22)11-14(10-12)23-17(24)8-9-18(23)25/h6-7,12-14H,4-5,8-11H2,1-3H3. The molecule has 2 unspecified atom stereocenters. The van der Waals surface area contributed by atoms with E-state index in [1.165, 1.54) is 26.2 Å². The molecule has 0 aromatic heterocycles. The zero-order valence-electron chi connectivity index (χ0n) is 17.0. The molecule has 4 rings (SSSR count). The Bertz CT molecular complexity index is 824. The van der Waals surface area contributed by atoms with Crippen LogP contribution in [-0.4, -0.2) is 67.0 Å². The highest BCUT2D eigenvalue weighted by Gasteiger charge is 2.48. The fraction of sp³-hybridized carbons (Fsp3) is 0.571. The van der Waals surface area contributed by atoms with Crippen molar-refractivity contribution >= 4 is 17.7 Å². The van der Waals surface area contributed by atoms with Gasteiger partial charge in [-0.2, -0.15) is 0 Å². The van der Waals surface area contributed by atoms with Crippen LogP contribution in [0.1, 0.15) is 48.9 Å². The van der Waals surface area contributed by atoms with Gasteiger partial charge >= 0.3 is 0 Å². The summed E-state index contributed by atoms with van der Waals surface area (Å²) in [5.41, 5.74) is 0.425. The van der Waals surface area contributed by atoms with E-state index in [4.69, 9.17) is 14.2 Å². The monoisotopic (exact) mass is 402 g/mol. The molecule has 1 aromatic rings. The Morgan fingerprint density at radius 1 is 0.862 bits per heavy atom. The van der Waals surface area contributed by atoms with Crippen molar-refractivity contribution in [2.45, 2.75) is 56.7 Å². The first-order chi connectivity index (χ1) is 14.0. The van der Waals surface area contributed by atoms with Gasteiger partial charge in [0.25, 0.3) is 5.91 Å². The van der Waals surface area contributed by atoms with Crippen molar-refractivity contribution in [3.63, 3.8) is 0 Å². The second-order valence-electron chi connectivity index (χ2n) is 7.76. The van der Waals surface area contributed by atoms with Crippen molar-refractivity contribution in [3.05, 3.63) is 17.7 Å². The smallest absolute Gasteiger partial charge is 0.258 e. The van der Waals surface area contributed by atoms with Gasteiger partial charge in [-0.05, 0) is 37.8 Å². The first-order valence-electron chi connectivity index (χ1n) is 9.96. The summed E-state index contributed by atoms with van der Waals surface area (Å²) in [6.07, 6.45) is 3.62. The number of benzene rings is 1. The molecule has 0 saturated carbocycles. The third kappa shape index (κ3) is 3.10. The quantitative estimate of drug-likeness (QED) is 0.701. The van der Waals surface area contributed by atoms with Crippen LogP contribution >= 0.6 is 0 Å². The van der Waals surface area contributed by atoms with E-state index >= 15 is 0 Å². The number of imide groups is 1. The zero-order valence-corrected chi connectivity index (χ0v) is 17.0. The molecule has 0 aliphatic carbocycles. The zero-order chi connectivity index (χ0) is 20.7. The van der Waals surface area contributed by atoms with Crippen LogP contribution in [0.5, 0.6) is 17.2 Å². The van der Waals surface area contributed by atoms with Crippen molar-refractivity contribution in [1.82, 2.24) is 9.80 Å². The number of piperidine rings is 1. The van der Waals surface area contributed by atoms with E-state index < -0.39 is 0 Å². The van der Waals surface area contributed by atoms with E-state index in [9.17, 15) is 14.4 Å². The van der Waals surface area contributed by atoms with Gasteiger partial charge in [0, 0.05) is 31.0 Å². The van der Waals surface area contributed by atoms with Crippen molar-refractivity contribution in [3.8, 4) is 17.2 Å². The predicted molar refractivity (Wildman–Crippen MR) is 103 cm³/mol. The van der Waals surface area contributed by atoms with E-state index in [2.05, 4.69) is 0 Å². The number of ether oxygens (including phenoxy) is 3. The molecule has 8 heteroatoms. The minimum Gasteiger partial charge on any atom is -0.493 e. The lowest BCUT2D eigenvalue weighted by Crippen LogP contribution is -2.53. The van der Waals surface area contributed by atoms with E-state index in [1.807, 2.05) is 4.90 Å². The van der Waals surface area contributed by atoms with Gasteiger partial charge in [-0.1, -0.05) is 0 Å². The number of carbonyl (C=O) groups excluding carboxylic acids is 3. The Balaban J connectivity index is 1.60. The van der Waals surface area contributed by atoms with Crippen LogP contribution in [0, 0.1) is 0 Å². The van der Waals surface area contributed by atoms with Crippen LogP contribution in [0.25, 0.3) is 0 Å². The molecule has 3 heterocycles. The van der Waals surface area contributed by atoms with E-state index in [0.717, 1.165) is 12.8 Å². The topological polar surface area (TPSA) is 85.4 Å². The summed E-state index contributed by atoms with van der Waals surface area (Å²) in [4.78, 5) is 41.1. The summed E-state index contributed by atoms with van der Waals surface area (Å²) >= 11 is 0. The third-order valence-electron chi connectivity index (χ3n) is 6.33. The van der Waals surface area contributed by atoms with Crippen LogP contribution in [0.3, 0.4) is 0 Å². The maximum atomic E-state index is 13.5. The van der Waals surface area contributed by atoms with Crippen molar-refractivity contribution in [2.24, 2.45) is 0 Å². The van der Waals surface area contributed by atoms with Gasteiger partial charge in [-0.3, -0.25) is 19.3 Å². The number of methoxy groups -OCH3 is 3. The molecule has 2 atom stereocenters. The van der Waals surface area contributed by atoms with Gasteiger partial charge in [0.15, 0.2) is 11.5 Å². The lowest BCUT2D eigenvalue weighted by atomic mass is 9.95. The van der Waals surface area contributed by atoms with E-state index in [-0.39, 0.29) is 35.8 Å². The van der Waals surface area contributed by atoms with Crippen LogP contribution in [0.15, 0.2) is 12.1 Å². The van der Waals surface area contributed by atoms with Crippen LogP contribution in [-0.2, 0) is 9.59 Å². The highest BCUT2D eigenvalue weighted by molar-refractivity contribution is 6.02. The number of hydrogen-bond donors (Lipinski definition) is 0. The second-order valence-corrected chi connectivity index (χ2v) is 7.76. The van der Waals surface area contributed by atoms with Crippen LogP contribution in [0.2, 0.25) is 0 Å². The molecular formula is C21H26N2O6. The Morgan fingerprint density at radius 2 is 1.45 bits per heavy atom. The van der Waals surface area contributed by atoms with Gasteiger partial charge in [0.05, 0.1) is 26.9 Å². The largest absolute Gasteiger partial charge is 0.493 e. The highest BCUT2D eigenvalue weighted by atomic mass is 16.5. The summed E-state index contributed by atoms with van der Waals surface area (Å²) in [6.45, 7) is 0. The van der Waals surface area contributed by atoms with Crippen LogP contribution in [0.4, 0.5) is 0 Å². The molecule has 3 saturated heterocycles. The third-order valence-corrected chi connectivity index (χ3v) is 6.33. The predicted octanol–water partition coefficient (Wildman–Crippen LogP) is 2.00. The number of fused-ring (bicyclic) bond motifs is 2. The summed E-state index contributed by atoms with van der Waals surface area (Å²) < 4.78 is 16.2. The Labute approximate surface area is 169 Å². The van der Waals surface area contributed by atoms with Gasteiger partial charge in [-0.25, -0.2) is 0 Å². The molecule has 0 N–H and O–H groups in total. The van der Waals surface area contributed by atoms with Crippen LogP contribution < -0.4 is 14.2 Å². The molecule has 2 bridgehead atoms. The van der Waals surface area contributed by atoms with E-state index in [1.54, 1.807) is 12.1 Å². The molecule has 3 fully saturated rings. The molecule has 3 aliphatic rings. The average Bonchev–Trinajstić information content (AvgIpc) is 3.20. The number of nitrogens with zero attached hydrogens (tertiary/aromatic N) is 2. The maximum Gasteiger partial charge on any atom is 0.258 e. The Kier molecular flexibility index (Phi) is 5.10. The van der Waals surface area contributed by atoms with Crippen molar-refractivity contribution < 1.29 is 28.6 Å². The first kappa shape index (κ1) is 19.5. The fourth-order valence-electron chi connectivity index (χ4n) is 5.10. The maximum absolute atomic E-state index is 13.5. The molecule has 8 nitrogen and oxygen atoms in total. The van der Waals surface area contributed by atoms with Crippen molar-refractivity contribution in [2.75, 3.05) is 21.3 Å². The SMILES string of the molecule is COc1ccc(C(=O)N2C3CCC2CC(N2C(=O)CCC2=O)C3)c(OC)c1OC. The fourth-order valence-corrected chi connectivity index (χ4v) is 5.10. The summed E-state index contributed by atoms with van der Waals surface area (Å²) in [5.74, 6) is 0.947. The minimum absolute atomic E-state index is 0.00486. The Hall–Kier alpha value is -2.77. The lowest BCUT2D eigenvalue weighted by Gasteiger charge is -2.41. The molecule has 29 heavy (non-hydrogen) atoms. The number of amides is 3. The number of carbonyl (C=O) groups is 3. The molecule has 156 valence electrons. The number of rotatable bonds is 5. The number of hydrogen-bond acceptors (Lipinski definition) is 6. The molecule has 3 aliphatic heterocycles. The number of likely N-dealkylation sites (tertiary alicyclic amines) is 1. The molecule has 1 aromatic carbocycles. The lowest BCUT2D eigenvalue weighted by molar-refractivity contribution is -0.142. The van der Waals surface area contributed by atoms with Crippen molar-refractivity contribution in [1.29, 1.82) is 0 Å². The second kappa shape index (κ2) is 7.57. The van der Waals surface area contributed by atoms with Gasteiger partial charge in [0.1, 0.15) is 0 Å². The highest BCUT2D eigenvalue weighted by Crippen LogP contribution is 2.44. The van der Waals surface area contributed by atoms with Gasteiger partial charge in [0.2, 0.25) is 17.6 Å². The Morgan fingerprint density at radius 3 is 1.97 bits per heavy atom. The molecular weight excluding hydrogens is 376 g/mol.